The quantitative estimate of drug-likeness (QED) is 0.347. The lowest BCUT2D eigenvalue weighted by atomic mass is 10.1. The van der Waals surface area contributed by atoms with Gasteiger partial charge in [-0.3, -0.25) is 9.59 Å². The Morgan fingerprint density at radius 3 is 1.82 bits per heavy atom. The summed E-state index contributed by atoms with van der Waals surface area (Å²) in [6.07, 6.45) is 8.26. The molecule has 34 heavy (non-hydrogen) atoms. The summed E-state index contributed by atoms with van der Waals surface area (Å²) in [5.41, 5.74) is -0.523. The standard InChI is InChI=1S/C15H14N6OS2.C8H16O2/c1-10(2)21-13(22)12(24-15-18-7-4-8-19-15)11(9-20-21)23-14-16-5-3-6-17-14;1-6(2)7(9)10-8(3,4)5/h3-10H,1-2H3;6H,1-5H3. The Morgan fingerprint density at radius 1 is 0.912 bits per heavy atom. The van der Waals surface area contributed by atoms with E-state index in [-0.39, 0.29) is 29.1 Å². The van der Waals surface area contributed by atoms with Crippen molar-refractivity contribution in [2.24, 2.45) is 5.92 Å². The third-order valence-corrected chi connectivity index (χ3v) is 5.82. The number of carbonyl (C=O) groups is 1. The van der Waals surface area contributed by atoms with Crippen LogP contribution >= 0.6 is 23.5 Å². The maximum Gasteiger partial charge on any atom is 0.308 e. The molecular formula is C23H30N6O3S2. The molecule has 0 aliphatic rings. The van der Waals surface area contributed by atoms with E-state index in [1.54, 1.807) is 43.1 Å². The van der Waals surface area contributed by atoms with Crippen molar-refractivity contribution in [3.63, 3.8) is 0 Å². The maximum absolute atomic E-state index is 12.8. The Labute approximate surface area is 208 Å². The molecule has 0 radical (unpaired) electrons. The van der Waals surface area contributed by atoms with Crippen molar-refractivity contribution in [1.29, 1.82) is 0 Å². The van der Waals surface area contributed by atoms with Crippen molar-refractivity contribution in [3.8, 4) is 0 Å². The molecule has 0 spiro atoms. The van der Waals surface area contributed by atoms with Crippen molar-refractivity contribution in [2.45, 2.75) is 80.2 Å². The third-order valence-electron chi connectivity index (χ3n) is 3.77. The molecule has 3 rings (SSSR count). The first-order valence-corrected chi connectivity index (χ1v) is 12.4. The number of carbonyl (C=O) groups excluding carboxylic acids is 1. The molecule has 0 N–H and O–H groups in total. The summed E-state index contributed by atoms with van der Waals surface area (Å²) in [5, 5.41) is 5.31. The van der Waals surface area contributed by atoms with Crippen molar-refractivity contribution < 1.29 is 9.53 Å². The molecule has 3 heterocycles. The Morgan fingerprint density at radius 2 is 1.41 bits per heavy atom. The molecule has 3 aromatic rings. The lowest BCUT2D eigenvalue weighted by Crippen LogP contribution is -2.26. The van der Waals surface area contributed by atoms with E-state index >= 15 is 0 Å². The van der Waals surface area contributed by atoms with Crippen LogP contribution in [-0.2, 0) is 9.53 Å². The zero-order chi connectivity index (χ0) is 25.3. The number of hydrogen-bond acceptors (Lipinski definition) is 10. The fraction of sp³-hybridized carbons (Fsp3) is 0.435. The Balaban J connectivity index is 0.000000347. The second-order valence-electron chi connectivity index (χ2n) is 8.64. The molecule has 0 aliphatic carbocycles. The van der Waals surface area contributed by atoms with Crippen LogP contribution in [-0.4, -0.2) is 41.3 Å². The Bertz CT molecular complexity index is 1120. The molecule has 0 saturated carbocycles. The molecule has 3 aromatic heterocycles. The predicted molar refractivity (Wildman–Crippen MR) is 132 cm³/mol. The molecule has 0 unspecified atom stereocenters. The average Bonchev–Trinajstić information content (AvgIpc) is 2.77. The molecule has 0 atom stereocenters. The van der Waals surface area contributed by atoms with Crippen LogP contribution in [0.3, 0.4) is 0 Å². The van der Waals surface area contributed by atoms with Crippen molar-refractivity contribution in [1.82, 2.24) is 29.7 Å². The molecular weight excluding hydrogens is 472 g/mol. The van der Waals surface area contributed by atoms with Gasteiger partial charge in [-0.05, 0) is 70.3 Å². The number of rotatable bonds is 6. The van der Waals surface area contributed by atoms with Crippen LogP contribution in [0.4, 0.5) is 0 Å². The van der Waals surface area contributed by atoms with E-state index in [1.165, 1.54) is 28.2 Å². The number of esters is 1. The monoisotopic (exact) mass is 502 g/mol. The van der Waals surface area contributed by atoms with Crippen LogP contribution in [0.15, 0.2) is 68.0 Å². The predicted octanol–water partition coefficient (Wildman–Crippen LogP) is 4.69. The van der Waals surface area contributed by atoms with Crippen LogP contribution in [0.25, 0.3) is 0 Å². The highest BCUT2D eigenvalue weighted by atomic mass is 32.2. The highest BCUT2D eigenvalue weighted by Gasteiger charge is 2.19. The van der Waals surface area contributed by atoms with Gasteiger partial charge in [0.25, 0.3) is 5.56 Å². The first kappa shape index (κ1) is 27.5. The van der Waals surface area contributed by atoms with E-state index in [0.29, 0.717) is 20.1 Å². The molecule has 0 saturated heterocycles. The smallest absolute Gasteiger partial charge is 0.308 e. The van der Waals surface area contributed by atoms with Crippen LogP contribution in [0, 0.1) is 5.92 Å². The van der Waals surface area contributed by atoms with Gasteiger partial charge in [0.15, 0.2) is 10.3 Å². The number of aromatic nitrogens is 6. The summed E-state index contributed by atoms with van der Waals surface area (Å²) < 4.78 is 6.51. The highest BCUT2D eigenvalue weighted by molar-refractivity contribution is 8.02. The van der Waals surface area contributed by atoms with Gasteiger partial charge in [0, 0.05) is 24.8 Å². The van der Waals surface area contributed by atoms with E-state index < -0.39 is 0 Å². The summed E-state index contributed by atoms with van der Waals surface area (Å²) in [7, 11) is 0. The number of nitrogens with zero attached hydrogens (tertiary/aromatic N) is 6. The Hall–Kier alpha value is -2.79. The van der Waals surface area contributed by atoms with Gasteiger partial charge in [-0.2, -0.15) is 5.10 Å². The molecule has 9 nitrogen and oxygen atoms in total. The van der Waals surface area contributed by atoms with E-state index in [9.17, 15) is 9.59 Å². The highest BCUT2D eigenvalue weighted by Crippen LogP contribution is 2.33. The molecule has 0 amide bonds. The fourth-order valence-electron chi connectivity index (χ4n) is 2.26. The van der Waals surface area contributed by atoms with Crippen molar-refractivity contribution in [3.05, 3.63) is 53.5 Å². The average molecular weight is 503 g/mol. The minimum absolute atomic E-state index is 0.0285. The van der Waals surface area contributed by atoms with Gasteiger partial charge >= 0.3 is 5.97 Å². The van der Waals surface area contributed by atoms with E-state index in [2.05, 4.69) is 25.0 Å². The second-order valence-corrected chi connectivity index (χ2v) is 10.6. The normalized spacial score (nSPS) is 11.2. The van der Waals surface area contributed by atoms with Crippen molar-refractivity contribution in [2.75, 3.05) is 0 Å². The fourth-order valence-corrected chi connectivity index (χ4v) is 3.95. The van der Waals surface area contributed by atoms with Gasteiger partial charge < -0.3 is 4.74 Å². The molecule has 182 valence electrons. The van der Waals surface area contributed by atoms with Gasteiger partial charge in [-0.15, -0.1) is 0 Å². The van der Waals surface area contributed by atoms with Crippen LogP contribution in [0.1, 0.15) is 54.5 Å². The zero-order valence-corrected chi connectivity index (χ0v) is 22.1. The SMILES string of the molecule is CC(C)C(=O)OC(C)(C)C.CC(C)n1ncc(Sc2ncccn2)c(Sc2ncccn2)c1=O. The molecule has 0 aliphatic heterocycles. The summed E-state index contributed by atoms with van der Waals surface area (Å²) in [5.74, 6) is -0.160. The zero-order valence-electron chi connectivity index (χ0n) is 20.4. The summed E-state index contributed by atoms with van der Waals surface area (Å²) >= 11 is 2.51. The largest absolute Gasteiger partial charge is 0.460 e. The molecule has 11 heteroatoms. The van der Waals surface area contributed by atoms with Gasteiger partial charge in [-0.1, -0.05) is 13.8 Å². The lowest BCUT2D eigenvalue weighted by molar-refractivity contribution is -0.158. The summed E-state index contributed by atoms with van der Waals surface area (Å²) in [6.45, 7) is 13.1. The maximum atomic E-state index is 12.8. The minimum Gasteiger partial charge on any atom is -0.460 e. The first-order chi connectivity index (χ1) is 16.0. The summed E-state index contributed by atoms with van der Waals surface area (Å²) in [6, 6.07) is 3.43. The molecule has 0 bridgehead atoms. The third kappa shape index (κ3) is 8.86. The number of ether oxygens (including phenoxy) is 1. The van der Waals surface area contributed by atoms with Crippen LogP contribution in [0.5, 0.6) is 0 Å². The molecule has 0 aromatic carbocycles. The topological polar surface area (TPSA) is 113 Å². The first-order valence-electron chi connectivity index (χ1n) is 10.7. The minimum atomic E-state index is -0.346. The molecule has 0 fully saturated rings. The van der Waals surface area contributed by atoms with E-state index in [1.807, 2.05) is 48.5 Å². The lowest BCUT2D eigenvalue weighted by Gasteiger charge is -2.20. The van der Waals surface area contributed by atoms with Crippen LogP contribution in [0.2, 0.25) is 0 Å². The second kappa shape index (κ2) is 12.6. The van der Waals surface area contributed by atoms with Gasteiger partial charge in [-0.25, -0.2) is 24.6 Å². The van der Waals surface area contributed by atoms with E-state index in [4.69, 9.17) is 4.74 Å². The van der Waals surface area contributed by atoms with Gasteiger partial charge in [0.05, 0.1) is 27.9 Å². The van der Waals surface area contributed by atoms with Gasteiger partial charge in [0.2, 0.25) is 0 Å². The Kier molecular flexibility index (Phi) is 10.2. The van der Waals surface area contributed by atoms with Crippen LogP contribution < -0.4 is 5.56 Å². The van der Waals surface area contributed by atoms with E-state index in [0.717, 1.165) is 0 Å². The van der Waals surface area contributed by atoms with Gasteiger partial charge in [0.1, 0.15) is 5.60 Å². The number of hydrogen-bond donors (Lipinski definition) is 0. The van der Waals surface area contributed by atoms with Crippen molar-refractivity contribution >= 4 is 29.5 Å². The summed E-state index contributed by atoms with van der Waals surface area (Å²) in [4.78, 5) is 41.7.